The number of nitrogens with one attached hydrogen (secondary N) is 2. The fourth-order valence-corrected chi connectivity index (χ4v) is 3.47. The molecule has 0 saturated carbocycles. The zero-order valence-electron chi connectivity index (χ0n) is 18.1. The fraction of sp³-hybridized carbons (Fsp3) is 0.174. The van der Waals surface area contributed by atoms with Crippen LogP contribution in [0.1, 0.15) is 5.56 Å². The highest BCUT2D eigenvalue weighted by Gasteiger charge is 2.23. The summed E-state index contributed by atoms with van der Waals surface area (Å²) < 4.78 is 10.6. The molecule has 0 aliphatic heterocycles. The van der Waals surface area contributed by atoms with Gasteiger partial charge in [-0.1, -0.05) is 24.3 Å². The summed E-state index contributed by atoms with van der Waals surface area (Å²) in [5.74, 6) is 1.48. The predicted octanol–water partition coefficient (Wildman–Crippen LogP) is 4.35. The molecule has 0 atom stereocenters. The largest absolute Gasteiger partial charge is 0.493 e. The van der Waals surface area contributed by atoms with Crippen LogP contribution in [0.4, 0.5) is 23.0 Å². The molecule has 2 N–H and O–H groups in total. The Bertz CT molecular complexity index is 1290. The highest BCUT2D eigenvalue weighted by Crippen LogP contribution is 2.33. The third kappa shape index (κ3) is 4.74. The van der Waals surface area contributed by atoms with E-state index in [1.165, 1.54) is 6.33 Å². The number of benzene rings is 2. The molecular formula is C23H22N6O4. The normalized spacial score (nSPS) is 10.6. The Morgan fingerprint density at radius 1 is 0.970 bits per heavy atom. The van der Waals surface area contributed by atoms with E-state index in [2.05, 4.69) is 25.6 Å². The maximum atomic E-state index is 11.9. The molecule has 10 nitrogen and oxygen atoms in total. The minimum absolute atomic E-state index is 0.0850. The summed E-state index contributed by atoms with van der Waals surface area (Å²) in [4.78, 5) is 24.0. The first-order valence-corrected chi connectivity index (χ1v) is 10.2. The first-order valence-electron chi connectivity index (χ1n) is 10.2. The lowest BCUT2D eigenvalue weighted by Crippen LogP contribution is -2.11. The number of pyridine rings is 1. The van der Waals surface area contributed by atoms with Gasteiger partial charge in [-0.2, -0.15) is 0 Å². The van der Waals surface area contributed by atoms with Crippen molar-refractivity contribution in [2.24, 2.45) is 0 Å². The molecule has 0 spiro atoms. The van der Waals surface area contributed by atoms with E-state index in [0.29, 0.717) is 35.7 Å². The van der Waals surface area contributed by atoms with E-state index in [1.807, 2.05) is 42.5 Å². The quantitative estimate of drug-likeness (QED) is 0.285. The average molecular weight is 446 g/mol. The number of para-hydroxylation sites is 1. The number of fused-ring (bicyclic) bond motifs is 1. The van der Waals surface area contributed by atoms with E-state index in [4.69, 9.17) is 9.47 Å². The smallest absolute Gasteiger partial charge is 0.353 e. The Hall–Kier alpha value is -4.47. The zero-order chi connectivity index (χ0) is 23.2. The topological polar surface area (TPSA) is 124 Å². The van der Waals surface area contributed by atoms with Crippen LogP contribution in [0.3, 0.4) is 0 Å². The SMILES string of the molecule is COc1ccc(CCNc2ncnc(Nc3cccc4cccnc34)c2[N+](=O)[O-])cc1OC. The molecule has 0 bridgehead atoms. The van der Waals surface area contributed by atoms with Crippen LogP contribution in [0.5, 0.6) is 11.5 Å². The molecule has 0 radical (unpaired) electrons. The minimum Gasteiger partial charge on any atom is -0.493 e. The Morgan fingerprint density at radius 2 is 1.76 bits per heavy atom. The summed E-state index contributed by atoms with van der Waals surface area (Å²) in [6.07, 6.45) is 3.55. The van der Waals surface area contributed by atoms with Gasteiger partial charge in [0.25, 0.3) is 0 Å². The molecule has 33 heavy (non-hydrogen) atoms. The van der Waals surface area contributed by atoms with Crippen molar-refractivity contribution in [2.75, 3.05) is 31.4 Å². The Kier molecular flexibility index (Phi) is 6.44. The molecule has 0 aliphatic carbocycles. The second-order valence-corrected chi connectivity index (χ2v) is 7.05. The van der Waals surface area contributed by atoms with Gasteiger partial charge >= 0.3 is 5.69 Å². The van der Waals surface area contributed by atoms with Crippen LogP contribution < -0.4 is 20.1 Å². The van der Waals surface area contributed by atoms with E-state index in [1.54, 1.807) is 26.5 Å². The van der Waals surface area contributed by atoms with E-state index in [-0.39, 0.29) is 17.3 Å². The lowest BCUT2D eigenvalue weighted by molar-refractivity contribution is -0.383. The van der Waals surface area contributed by atoms with E-state index < -0.39 is 4.92 Å². The number of ether oxygens (including phenoxy) is 2. The van der Waals surface area contributed by atoms with Gasteiger partial charge in [0.05, 0.1) is 30.3 Å². The number of methoxy groups -OCH3 is 2. The molecule has 2 heterocycles. The van der Waals surface area contributed by atoms with E-state index in [0.717, 1.165) is 10.9 Å². The van der Waals surface area contributed by atoms with Crippen LogP contribution in [0.2, 0.25) is 0 Å². The standard InChI is InChI=1S/C23H22N6O4/c1-32-18-9-8-15(13-19(18)33-2)10-12-25-22-21(29(30)31)23(27-14-26-22)28-17-7-3-5-16-6-4-11-24-20(16)17/h3-9,11,13-14H,10,12H2,1-2H3,(H2,25,26,27,28). The molecule has 4 rings (SSSR count). The highest BCUT2D eigenvalue weighted by atomic mass is 16.6. The van der Waals surface area contributed by atoms with Crippen LogP contribution in [-0.4, -0.2) is 40.6 Å². The van der Waals surface area contributed by atoms with Gasteiger partial charge in [-0.05, 0) is 36.2 Å². The van der Waals surface area contributed by atoms with Crippen LogP contribution in [0, 0.1) is 10.1 Å². The van der Waals surface area contributed by atoms with E-state index in [9.17, 15) is 10.1 Å². The molecule has 0 fully saturated rings. The number of rotatable bonds is 9. The van der Waals surface area contributed by atoms with Gasteiger partial charge in [-0.15, -0.1) is 0 Å². The molecule has 0 aliphatic rings. The van der Waals surface area contributed by atoms with Crippen molar-refractivity contribution in [1.82, 2.24) is 15.0 Å². The lowest BCUT2D eigenvalue weighted by Gasteiger charge is -2.12. The van der Waals surface area contributed by atoms with Gasteiger partial charge in [-0.3, -0.25) is 15.1 Å². The molecule has 10 heteroatoms. The summed E-state index contributed by atoms with van der Waals surface area (Å²) in [7, 11) is 3.15. The zero-order valence-corrected chi connectivity index (χ0v) is 18.1. The maximum absolute atomic E-state index is 11.9. The Labute approximate surface area is 189 Å². The molecule has 168 valence electrons. The first-order chi connectivity index (χ1) is 16.1. The molecule has 0 amide bonds. The Balaban J connectivity index is 1.55. The number of hydrogen-bond acceptors (Lipinski definition) is 9. The van der Waals surface area contributed by atoms with Crippen LogP contribution >= 0.6 is 0 Å². The first kappa shape index (κ1) is 21.8. The van der Waals surface area contributed by atoms with E-state index >= 15 is 0 Å². The maximum Gasteiger partial charge on any atom is 0.353 e. The van der Waals surface area contributed by atoms with Crippen molar-refractivity contribution in [2.45, 2.75) is 6.42 Å². The van der Waals surface area contributed by atoms with Crippen molar-refractivity contribution in [3.05, 3.63) is 76.7 Å². The molecule has 0 saturated heterocycles. The molecule has 2 aromatic heterocycles. The van der Waals surface area contributed by atoms with Gasteiger partial charge < -0.3 is 20.1 Å². The lowest BCUT2D eigenvalue weighted by atomic mass is 10.1. The monoisotopic (exact) mass is 446 g/mol. The van der Waals surface area contributed by atoms with Gasteiger partial charge in [0.1, 0.15) is 6.33 Å². The molecule has 2 aromatic carbocycles. The fourth-order valence-electron chi connectivity index (χ4n) is 3.47. The van der Waals surface area contributed by atoms with Gasteiger partial charge in [0, 0.05) is 18.1 Å². The third-order valence-electron chi connectivity index (χ3n) is 5.04. The van der Waals surface area contributed by atoms with Crippen molar-refractivity contribution in [3.8, 4) is 11.5 Å². The predicted molar refractivity (Wildman–Crippen MR) is 125 cm³/mol. The van der Waals surface area contributed by atoms with Crippen molar-refractivity contribution in [1.29, 1.82) is 0 Å². The van der Waals surface area contributed by atoms with Crippen molar-refractivity contribution >= 4 is 33.9 Å². The van der Waals surface area contributed by atoms with Crippen LogP contribution in [-0.2, 0) is 6.42 Å². The third-order valence-corrected chi connectivity index (χ3v) is 5.04. The summed E-state index contributed by atoms with van der Waals surface area (Å²) in [6, 6.07) is 14.9. The number of nitrogens with zero attached hydrogens (tertiary/aromatic N) is 4. The summed E-state index contributed by atoms with van der Waals surface area (Å²) in [5.41, 5.74) is 2.05. The summed E-state index contributed by atoms with van der Waals surface area (Å²) in [6.45, 7) is 0.419. The summed E-state index contributed by atoms with van der Waals surface area (Å²) in [5, 5.41) is 18.9. The second-order valence-electron chi connectivity index (χ2n) is 7.05. The summed E-state index contributed by atoms with van der Waals surface area (Å²) >= 11 is 0. The van der Waals surface area contributed by atoms with Gasteiger partial charge in [0.2, 0.25) is 11.6 Å². The number of anilines is 3. The molecule has 4 aromatic rings. The number of hydrogen-bond donors (Lipinski definition) is 2. The van der Waals surface area contributed by atoms with Crippen molar-refractivity contribution in [3.63, 3.8) is 0 Å². The van der Waals surface area contributed by atoms with Crippen LogP contribution in [0.15, 0.2) is 61.1 Å². The van der Waals surface area contributed by atoms with Crippen molar-refractivity contribution < 1.29 is 14.4 Å². The molecular weight excluding hydrogens is 424 g/mol. The number of aromatic nitrogens is 3. The minimum atomic E-state index is -0.500. The van der Waals surface area contributed by atoms with Gasteiger partial charge in [-0.25, -0.2) is 9.97 Å². The number of nitro groups is 1. The Morgan fingerprint density at radius 3 is 2.55 bits per heavy atom. The second kappa shape index (κ2) is 9.77. The van der Waals surface area contributed by atoms with Crippen LogP contribution in [0.25, 0.3) is 10.9 Å². The molecule has 0 unspecified atom stereocenters. The highest BCUT2D eigenvalue weighted by molar-refractivity contribution is 5.92. The van der Waals surface area contributed by atoms with Gasteiger partial charge in [0.15, 0.2) is 11.5 Å². The average Bonchev–Trinajstić information content (AvgIpc) is 2.84.